The zero-order valence-corrected chi connectivity index (χ0v) is 16.1. The number of carbonyl (C=O) groups is 2. The maximum absolute atomic E-state index is 12.0. The number of nitrogens with one attached hydrogen (secondary N) is 1. The van der Waals surface area contributed by atoms with Gasteiger partial charge in [0.2, 0.25) is 0 Å². The van der Waals surface area contributed by atoms with Gasteiger partial charge >= 0.3 is 5.97 Å². The Morgan fingerprint density at radius 1 is 1.11 bits per heavy atom. The average molecular weight is 381 g/mol. The zero-order chi connectivity index (χ0) is 19.4. The van der Waals surface area contributed by atoms with Crippen molar-refractivity contribution in [1.29, 1.82) is 0 Å². The highest BCUT2D eigenvalue weighted by Crippen LogP contribution is 2.29. The van der Waals surface area contributed by atoms with Gasteiger partial charge in [-0.2, -0.15) is 0 Å². The molecule has 0 bridgehead atoms. The van der Waals surface area contributed by atoms with Gasteiger partial charge in [0.05, 0.1) is 5.69 Å². The summed E-state index contributed by atoms with van der Waals surface area (Å²) in [5.74, 6) is -1.09. The van der Waals surface area contributed by atoms with Crippen LogP contribution in [0.25, 0.3) is 11.3 Å². The number of aryl methyl sites for hydroxylation is 3. The van der Waals surface area contributed by atoms with Crippen LogP contribution < -0.4 is 5.32 Å². The van der Waals surface area contributed by atoms with Gasteiger partial charge in [0.25, 0.3) is 5.91 Å². The Morgan fingerprint density at radius 2 is 1.89 bits per heavy atom. The predicted molar refractivity (Wildman–Crippen MR) is 105 cm³/mol. The second-order valence-electron chi connectivity index (χ2n) is 6.13. The van der Waals surface area contributed by atoms with E-state index in [1.54, 1.807) is 12.1 Å². The van der Waals surface area contributed by atoms with E-state index in [0.717, 1.165) is 16.8 Å². The molecule has 0 aliphatic heterocycles. The van der Waals surface area contributed by atoms with Crippen molar-refractivity contribution in [3.8, 4) is 11.3 Å². The Bertz CT molecular complexity index is 983. The van der Waals surface area contributed by atoms with Gasteiger partial charge in [-0.1, -0.05) is 12.1 Å². The normalized spacial score (nSPS) is 10.5. The van der Waals surface area contributed by atoms with Gasteiger partial charge in [-0.3, -0.25) is 10.1 Å². The van der Waals surface area contributed by atoms with Crippen molar-refractivity contribution in [1.82, 2.24) is 9.97 Å². The number of aromatic nitrogens is 2. The largest absolute Gasteiger partial charge is 0.451 e. The van der Waals surface area contributed by atoms with Crippen LogP contribution in [0.4, 0.5) is 5.13 Å². The minimum absolute atomic E-state index is 0.159. The van der Waals surface area contributed by atoms with E-state index in [9.17, 15) is 9.59 Å². The van der Waals surface area contributed by atoms with E-state index in [1.165, 1.54) is 34.7 Å². The van der Waals surface area contributed by atoms with Crippen LogP contribution in [0.5, 0.6) is 0 Å². The molecular formula is C20H19N3O3S. The second-order valence-corrected chi connectivity index (χ2v) is 6.99. The van der Waals surface area contributed by atoms with Gasteiger partial charge < -0.3 is 4.74 Å². The molecule has 0 fully saturated rings. The molecule has 1 N–H and O–H groups in total. The molecule has 138 valence electrons. The molecular weight excluding hydrogens is 362 g/mol. The van der Waals surface area contributed by atoms with Crippen LogP contribution in [-0.4, -0.2) is 28.5 Å². The minimum Gasteiger partial charge on any atom is -0.451 e. The summed E-state index contributed by atoms with van der Waals surface area (Å²) in [7, 11) is 0. The molecule has 0 radical (unpaired) electrons. The van der Waals surface area contributed by atoms with Gasteiger partial charge in [0.15, 0.2) is 11.7 Å². The van der Waals surface area contributed by atoms with E-state index in [0.29, 0.717) is 5.13 Å². The summed E-state index contributed by atoms with van der Waals surface area (Å²) in [5.41, 5.74) is 5.56. The Kier molecular flexibility index (Phi) is 5.61. The summed E-state index contributed by atoms with van der Waals surface area (Å²) in [4.78, 5) is 32.2. The molecule has 1 amide bonds. The molecule has 0 spiro atoms. The van der Waals surface area contributed by atoms with Gasteiger partial charge in [-0.25, -0.2) is 14.8 Å². The molecule has 0 saturated heterocycles. The van der Waals surface area contributed by atoms with Gasteiger partial charge in [0, 0.05) is 17.1 Å². The van der Waals surface area contributed by atoms with Crippen molar-refractivity contribution >= 4 is 28.3 Å². The van der Waals surface area contributed by atoms with Crippen molar-refractivity contribution in [3.05, 3.63) is 64.3 Å². The lowest BCUT2D eigenvalue weighted by Gasteiger charge is -2.07. The molecule has 0 aliphatic rings. The molecule has 1 aromatic carbocycles. The number of nitrogens with zero attached hydrogens (tertiary/aromatic N) is 2. The molecule has 2 aromatic heterocycles. The highest BCUT2D eigenvalue weighted by Gasteiger charge is 2.14. The first-order chi connectivity index (χ1) is 12.9. The standard InChI is InChI=1S/C20H19N3O3S/c1-12-8-14(3)15(9-13(12)2)17-11-27-20(22-17)23-18(24)10-26-19(25)16-6-4-5-7-21-16/h4-9,11H,10H2,1-3H3,(H,22,23,24). The number of carbonyl (C=O) groups excluding carboxylic acids is 2. The van der Waals surface area contributed by atoms with E-state index in [1.807, 2.05) is 12.3 Å². The summed E-state index contributed by atoms with van der Waals surface area (Å²) < 4.78 is 4.96. The first-order valence-corrected chi connectivity index (χ1v) is 9.24. The molecule has 0 aliphatic carbocycles. The summed E-state index contributed by atoms with van der Waals surface area (Å²) in [6.07, 6.45) is 1.49. The number of benzene rings is 1. The van der Waals surface area contributed by atoms with E-state index in [2.05, 4.69) is 41.3 Å². The minimum atomic E-state index is -0.642. The van der Waals surface area contributed by atoms with Crippen molar-refractivity contribution < 1.29 is 14.3 Å². The lowest BCUT2D eigenvalue weighted by atomic mass is 9.99. The van der Waals surface area contributed by atoms with Gasteiger partial charge in [-0.05, 0) is 55.7 Å². The lowest BCUT2D eigenvalue weighted by molar-refractivity contribution is -0.119. The van der Waals surface area contributed by atoms with Gasteiger partial charge in [-0.15, -0.1) is 11.3 Å². The van der Waals surface area contributed by atoms with Crippen LogP contribution >= 0.6 is 11.3 Å². The SMILES string of the molecule is Cc1cc(C)c(-c2csc(NC(=O)COC(=O)c3ccccn3)n2)cc1C. The summed E-state index contributed by atoms with van der Waals surface area (Å²) in [6.45, 7) is 5.78. The number of thiazole rings is 1. The fourth-order valence-corrected chi connectivity index (χ4v) is 3.26. The van der Waals surface area contributed by atoms with Crippen LogP contribution in [-0.2, 0) is 9.53 Å². The number of hydrogen-bond donors (Lipinski definition) is 1. The topological polar surface area (TPSA) is 81.2 Å². The number of hydrogen-bond acceptors (Lipinski definition) is 6. The third kappa shape index (κ3) is 4.57. The van der Waals surface area contributed by atoms with Crippen molar-refractivity contribution in [3.63, 3.8) is 0 Å². The Labute approximate surface area is 161 Å². The van der Waals surface area contributed by atoms with Crippen molar-refractivity contribution in [2.45, 2.75) is 20.8 Å². The van der Waals surface area contributed by atoms with Crippen molar-refractivity contribution in [2.75, 3.05) is 11.9 Å². The molecule has 27 heavy (non-hydrogen) atoms. The fraction of sp³-hybridized carbons (Fsp3) is 0.200. The number of anilines is 1. The van der Waals surface area contributed by atoms with E-state index < -0.39 is 18.5 Å². The summed E-state index contributed by atoms with van der Waals surface area (Å²) >= 11 is 1.33. The number of esters is 1. The van der Waals surface area contributed by atoms with E-state index in [4.69, 9.17) is 4.74 Å². The van der Waals surface area contributed by atoms with Crippen LogP contribution in [0.2, 0.25) is 0 Å². The maximum atomic E-state index is 12.0. The van der Waals surface area contributed by atoms with Crippen LogP contribution in [0.1, 0.15) is 27.2 Å². The molecule has 0 atom stereocenters. The highest BCUT2D eigenvalue weighted by atomic mass is 32.1. The Morgan fingerprint density at radius 3 is 2.63 bits per heavy atom. The number of amides is 1. The van der Waals surface area contributed by atoms with E-state index in [-0.39, 0.29) is 5.69 Å². The lowest BCUT2D eigenvalue weighted by Crippen LogP contribution is -2.21. The van der Waals surface area contributed by atoms with Gasteiger partial charge in [0.1, 0.15) is 5.69 Å². The summed E-state index contributed by atoms with van der Waals surface area (Å²) in [5, 5.41) is 5.01. The third-order valence-corrected chi connectivity index (χ3v) is 4.83. The van der Waals surface area contributed by atoms with Crippen LogP contribution in [0, 0.1) is 20.8 Å². The summed E-state index contributed by atoms with van der Waals surface area (Å²) in [6, 6.07) is 9.12. The molecule has 6 nitrogen and oxygen atoms in total. The molecule has 3 rings (SSSR count). The van der Waals surface area contributed by atoms with E-state index >= 15 is 0 Å². The second kappa shape index (κ2) is 8.09. The molecule has 0 saturated carbocycles. The highest BCUT2D eigenvalue weighted by molar-refractivity contribution is 7.14. The maximum Gasteiger partial charge on any atom is 0.357 e. The average Bonchev–Trinajstić information content (AvgIpc) is 3.11. The monoisotopic (exact) mass is 381 g/mol. The molecule has 7 heteroatoms. The number of ether oxygens (including phenoxy) is 1. The van der Waals surface area contributed by atoms with Crippen LogP contribution in [0.15, 0.2) is 41.9 Å². The number of pyridine rings is 1. The molecule has 0 unspecified atom stereocenters. The fourth-order valence-electron chi connectivity index (χ4n) is 2.54. The predicted octanol–water partition coefficient (Wildman–Crippen LogP) is 3.93. The van der Waals surface area contributed by atoms with Crippen LogP contribution in [0.3, 0.4) is 0 Å². The Balaban J connectivity index is 1.61. The van der Waals surface area contributed by atoms with Crippen molar-refractivity contribution in [2.24, 2.45) is 0 Å². The zero-order valence-electron chi connectivity index (χ0n) is 15.3. The smallest absolute Gasteiger partial charge is 0.357 e. The first kappa shape index (κ1) is 18.7. The molecule has 2 heterocycles. The number of rotatable bonds is 5. The molecule has 3 aromatic rings. The first-order valence-electron chi connectivity index (χ1n) is 8.36. The third-order valence-electron chi connectivity index (χ3n) is 4.08. The Hall–Kier alpha value is -3.06. The quantitative estimate of drug-likeness (QED) is 0.677.